The van der Waals surface area contributed by atoms with E-state index in [2.05, 4.69) is 30.8 Å². The van der Waals surface area contributed by atoms with E-state index in [1.807, 2.05) is 0 Å². The van der Waals surface area contributed by atoms with Gasteiger partial charge in [-0.25, -0.2) is 0 Å². The average molecular weight is 383 g/mol. The van der Waals surface area contributed by atoms with Gasteiger partial charge in [-0.3, -0.25) is 18.7 Å². The lowest BCUT2D eigenvalue weighted by molar-refractivity contribution is -0.145. The van der Waals surface area contributed by atoms with Crippen LogP contribution in [0.2, 0.25) is 0 Å². The molecule has 2 rings (SSSR count). The number of esters is 1. The largest absolute Gasteiger partial charge is 0.466 e. The van der Waals surface area contributed by atoms with E-state index < -0.39 is 16.8 Å². The fraction of sp³-hybridized carbons (Fsp3) is 0.471. The summed E-state index contributed by atoms with van der Waals surface area (Å²) in [5.41, 5.74) is 0.459. The quantitative estimate of drug-likeness (QED) is 0.532. The van der Waals surface area contributed by atoms with Crippen LogP contribution in [0.3, 0.4) is 0 Å². The molecule has 6 nitrogen and oxygen atoms in total. The summed E-state index contributed by atoms with van der Waals surface area (Å²) in [7, 11) is 0. The van der Waals surface area contributed by atoms with Crippen molar-refractivity contribution >= 4 is 43.1 Å². The number of carbonyl (C=O) groups excluding carboxylic acids is 3. The van der Waals surface area contributed by atoms with E-state index in [1.165, 1.54) is 0 Å². The van der Waals surface area contributed by atoms with E-state index >= 15 is 0 Å². The molecule has 1 aromatic carbocycles. The van der Waals surface area contributed by atoms with E-state index in [0.29, 0.717) is 18.5 Å². The molecule has 1 saturated heterocycles. The highest BCUT2D eigenvalue weighted by atomic mass is 32.1. The first-order chi connectivity index (χ1) is 11.9. The van der Waals surface area contributed by atoms with Crippen molar-refractivity contribution in [2.24, 2.45) is 0 Å². The van der Waals surface area contributed by atoms with Crippen molar-refractivity contribution in [1.82, 2.24) is 9.62 Å². The van der Waals surface area contributed by atoms with Crippen LogP contribution in [0.4, 0.5) is 0 Å². The Balaban J connectivity index is 2.16. The number of nitrogens with one attached hydrogen (secondary N) is 1. The zero-order valence-corrected chi connectivity index (χ0v) is 15.8. The van der Waals surface area contributed by atoms with Gasteiger partial charge in [-0.2, -0.15) is 12.6 Å². The summed E-state index contributed by atoms with van der Waals surface area (Å²) in [4.78, 5) is 37.2. The van der Waals surface area contributed by atoms with E-state index in [-0.39, 0.29) is 31.3 Å². The van der Waals surface area contributed by atoms with Gasteiger partial charge in [0.2, 0.25) is 0 Å². The molecule has 8 heteroatoms. The molecule has 0 spiro atoms. The maximum Gasteiger partial charge on any atom is 0.307 e. The third kappa shape index (κ3) is 5.23. The Labute approximate surface area is 158 Å². The minimum atomic E-state index is -1.20. The highest BCUT2D eigenvalue weighted by Gasteiger charge is 2.44. The first-order valence-corrected chi connectivity index (χ1v) is 8.92. The van der Waals surface area contributed by atoms with Crippen molar-refractivity contribution in [2.75, 3.05) is 19.7 Å². The average Bonchev–Trinajstić information content (AvgIpc) is 2.68. The molecule has 1 amide bonds. The van der Waals surface area contributed by atoms with Crippen LogP contribution in [0.5, 0.6) is 0 Å². The molecule has 0 saturated carbocycles. The first kappa shape index (κ1) is 19.8. The summed E-state index contributed by atoms with van der Waals surface area (Å²) in [5, 5.41) is 2.74. The molecule has 2 unspecified atom stereocenters. The predicted octanol–water partition coefficient (Wildman–Crippen LogP) is 1.53. The Hall–Kier alpha value is -1.51. The molecule has 1 fully saturated rings. The van der Waals surface area contributed by atoms with Crippen molar-refractivity contribution < 1.29 is 19.1 Å². The highest BCUT2D eigenvalue weighted by Crippen LogP contribution is 2.30. The fourth-order valence-electron chi connectivity index (χ4n) is 2.72. The molecule has 2 atom stereocenters. The molecular formula is C17H22N2O4S2. The summed E-state index contributed by atoms with van der Waals surface area (Å²) < 4.78 is 5.41. The summed E-state index contributed by atoms with van der Waals surface area (Å²) in [6.45, 7) is 2.65. The van der Waals surface area contributed by atoms with Crippen molar-refractivity contribution in [3.8, 4) is 0 Å². The number of hydrogen-bond acceptors (Lipinski definition) is 7. The number of benzene rings is 1. The lowest BCUT2D eigenvalue weighted by Crippen LogP contribution is -2.51. The fourth-order valence-corrected chi connectivity index (χ4v) is 3.36. The number of ketones is 1. The van der Waals surface area contributed by atoms with Crippen LogP contribution < -0.4 is 5.32 Å². The van der Waals surface area contributed by atoms with Crippen LogP contribution in [0.25, 0.3) is 0 Å². The second-order valence-electron chi connectivity index (χ2n) is 5.93. The molecule has 0 aromatic heterocycles. The molecule has 0 aliphatic carbocycles. The van der Waals surface area contributed by atoms with Crippen LogP contribution >= 0.6 is 25.4 Å². The van der Waals surface area contributed by atoms with E-state index in [0.717, 1.165) is 0 Å². The SMILES string of the molecule is CCOC(=O)CC1(S)CCN(S)CC(NC(=O)c2ccccc2)C1=O. The molecule has 0 radical (unpaired) electrons. The smallest absolute Gasteiger partial charge is 0.307 e. The normalized spacial score (nSPS) is 24.4. The first-order valence-electron chi connectivity index (χ1n) is 8.08. The third-order valence-corrected chi connectivity index (χ3v) is 5.00. The van der Waals surface area contributed by atoms with Crippen molar-refractivity contribution in [1.29, 1.82) is 0 Å². The molecule has 1 aromatic rings. The van der Waals surface area contributed by atoms with Crippen LogP contribution in [-0.4, -0.2) is 52.5 Å². The van der Waals surface area contributed by atoms with Crippen LogP contribution in [-0.2, 0) is 14.3 Å². The molecule has 25 heavy (non-hydrogen) atoms. The third-order valence-electron chi connectivity index (χ3n) is 4.04. The Bertz CT molecular complexity index is 641. The molecule has 1 heterocycles. The van der Waals surface area contributed by atoms with E-state index in [9.17, 15) is 14.4 Å². The van der Waals surface area contributed by atoms with Gasteiger partial charge in [0.25, 0.3) is 5.91 Å². The number of Topliss-reactive ketones (excluding diaryl/α,β-unsaturated/α-hetero) is 1. The van der Waals surface area contributed by atoms with Crippen LogP contribution in [0.1, 0.15) is 30.1 Å². The van der Waals surface area contributed by atoms with E-state index in [4.69, 9.17) is 4.74 Å². The number of rotatable bonds is 5. The summed E-state index contributed by atoms with van der Waals surface area (Å²) in [6, 6.07) is 7.83. The Morgan fingerprint density at radius 1 is 1.36 bits per heavy atom. The topological polar surface area (TPSA) is 75.7 Å². The number of carbonyl (C=O) groups is 3. The summed E-state index contributed by atoms with van der Waals surface area (Å²) in [5.74, 6) is -1.13. The van der Waals surface area contributed by atoms with Gasteiger partial charge in [0.1, 0.15) is 6.04 Å². The number of thiol groups is 2. The Morgan fingerprint density at radius 3 is 2.68 bits per heavy atom. The second kappa shape index (κ2) is 8.73. The zero-order chi connectivity index (χ0) is 18.4. The van der Waals surface area contributed by atoms with Crippen LogP contribution in [0, 0.1) is 0 Å². The van der Waals surface area contributed by atoms with Gasteiger partial charge in [-0.05, 0) is 25.5 Å². The molecular weight excluding hydrogens is 360 g/mol. The predicted molar refractivity (Wildman–Crippen MR) is 101 cm³/mol. The van der Waals surface area contributed by atoms with Gasteiger partial charge in [-0.15, -0.1) is 0 Å². The van der Waals surface area contributed by atoms with Gasteiger partial charge >= 0.3 is 5.97 Å². The zero-order valence-electron chi connectivity index (χ0n) is 14.0. The molecule has 0 bridgehead atoms. The minimum Gasteiger partial charge on any atom is -0.466 e. The lowest BCUT2D eigenvalue weighted by atomic mass is 9.91. The second-order valence-corrected chi connectivity index (χ2v) is 7.35. The molecule has 136 valence electrons. The summed E-state index contributed by atoms with van der Waals surface area (Å²) in [6.07, 6.45) is 0.205. The van der Waals surface area contributed by atoms with Gasteiger partial charge in [-0.1, -0.05) is 31.0 Å². The van der Waals surface area contributed by atoms with Gasteiger partial charge in [0.15, 0.2) is 5.78 Å². The maximum absolute atomic E-state index is 13.0. The Kier molecular flexibility index (Phi) is 6.92. The number of hydrogen-bond donors (Lipinski definition) is 3. The number of nitrogens with zero attached hydrogens (tertiary/aromatic N) is 1. The van der Waals surface area contributed by atoms with E-state index in [1.54, 1.807) is 41.6 Å². The molecule has 1 aliphatic heterocycles. The monoisotopic (exact) mass is 382 g/mol. The number of ether oxygens (including phenoxy) is 1. The lowest BCUT2D eigenvalue weighted by Gasteiger charge is -2.27. The van der Waals surface area contributed by atoms with Crippen molar-refractivity contribution in [3.05, 3.63) is 35.9 Å². The van der Waals surface area contributed by atoms with Crippen LogP contribution in [0.15, 0.2) is 30.3 Å². The summed E-state index contributed by atoms with van der Waals surface area (Å²) >= 11 is 8.82. The minimum absolute atomic E-state index is 0.137. The van der Waals surface area contributed by atoms with Crippen molar-refractivity contribution in [3.63, 3.8) is 0 Å². The molecule has 1 aliphatic rings. The standard InChI is InChI=1S/C17H22N2O4S2/c1-2-23-14(20)10-17(24)8-9-19(25)11-13(15(17)21)18-16(22)12-6-4-3-5-7-12/h3-7,13,24-25H,2,8-11H2,1H3,(H,18,22). The molecule has 1 N–H and O–H groups in total. The number of amides is 1. The maximum atomic E-state index is 13.0. The van der Waals surface area contributed by atoms with Crippen molar-refractivity contribution in [2.45, 2.75) is 30.6 Å². The Morgan fingerprint density at radius 2 is 2.04 bits per heavy atom. The highest BCUT2D eigenvalue weighted by molar-refractivity contribution is 7.82. The van der Waals surface area contributed by atoms with Gasteiger partial charge in [0, 0.05) is 18.7 Å². The van der Waals surface area contributed by atoms with Gasteiger partial charge in [0.05, 0.1) is 17.8 Å². The van der Waals surface area contributed by atoms with Gasteiger partial charge < -0.3 is 10.1 Å².